The van der Waals surface area contributed by atoms with Crippen LogP contribution in [0.1, 0.15) is 26.2 Å². The van der Waals surface area contributed by atoms with Crippen LogP contribution in [0.15, 0.2) is 59.8 Å². The normalized spacial score (nSPS) is 14.2. The van der Waals surface area contributed by atoms with Gasteiger partial charge in [0.15, 0.2) is 5.16 Å². The van der Waals surface area contributed by atoms with Crippen molar-refractivity contribution in [2.45, 2.75) is 36.6 Å². The molecule has 2 aromatic carbocycles. The van der Waals surface area contributed by atoms with E-state index in [9.17, 15) is 4.79 Å². The second kappa shape index (κ2) is 10.7. The molecule has 0 spiro atoms. The summed E-state index contributed by atoms with van der Waals surface area (Å²) in [6.07, 6.45) is 2.47. The van der Waals surface area contributed by atoms with Gasteiger partial charge >= 0.3 is 0 Å². The van der Waals surface area contributed by atoms with Crippen molar-refractivity contribution in [2.24, 2.45) is 0 Å². The van der Waals surface area contributed by atoms with E-state index in [-0.39, 0.29) is 12.3 Å². The van der Waals surface area contributed by atoms with E-state index >= 15 is 0 Å². The highest BCUT2D eigenvalue weighted by atomic mass is 35.5. The lowest BCUT2D eigenvalue weighted by Crippen LogP contribution is -2.37. The van der Waals surface area contributed by atoms with E-state index < -0.39 is 5.25 Å². The number of nitriles is 1. The van der Waals surface area contributed by atoms with Crippen LogP contribution in [0.2, 0.25) is 5.02 Å². The summed E-state index contributed by atoms with van der Waals surface area (Å²) in [4.78, 5) is 17.3. The largest absolute Gasteiger partial charge is 0.341 e. The molecule has 0 aliphatic carbocycles. The Morgan fingerprint density at radius 1 is 1.15 bits per heavy atom. The van der Waals surface area contributed by atoms with Crippen LogP contribution < -0.4 is 9.80 Å². The Balaban J connectivity index is 1.64. The van der Waals surface area contributed by atoms with Gasteiger partial charge in [-0.15, -0.1) is 10.2 Å². The van der Waals surface area contributed by atoms with E-state index in [4.69, 9.17) is 16.9 Å². The first-order valence-corrected chi connectivity index (χ1v) is 12.2. The Morgan fingerprint density at radius 2 is 1.85 bits per heavy atom. The molecular weight excluding hydrogens is 456 g/mol. The number of anilines is 2. The molecule has 1 aliphatic heterocycles. The standard InChI is InChI=1S/C24H25ClN6OS/c1-18(22(32)30(17-9-14-26)19-10-3-2-4-11-19)33-24-28-27-23(29-15-7-8-16-29)31(24)21-13-6-5-12-20(21)25/h2-6,10-13,18H,7-9,15-17H2,1H3. The molecule has 2 heterocycles. The third kappa shape index (κ3) is 5.15. The zero-order valence-electron chi connectivity index (χ0n) is 18.4. The van der Waals surface area contributed by atoms with Crippen molar-refractivity contribution in [3.05, 3.63) is 59.6 Å². The summed E-state index contributed by atoms with van der Waals surface area (Å²) in [5.41, 5.74) is 1.56. The number of hydrogen-bond acceptors (Lipinski definition) is 6. The van der Waals surface area contributed by atoms with Crippen LogP contribution in [-0.4, -0.2) is 45.6 Å². The lowest BCUT2D eigenvalue weighted by molar-refractivity contribution is -0.117. The number of carbonyl (C=O) groups excluding carboxylic acids is 1. The number of thioether (sulfide) groups is 1. The van der Waals surface area contributed by atoms with Crippen molar-refractivity contribution >= 4 is 40.9 Å². The van der Waals surface area contributed by atoms with E-state index in [0.29, 0.717) is 16.7 Å². The molecule has 0 bridgehead atoms. The zero-order valence-corrected chi connectivity index (χ0v) is 20.0. The first kappa shape index (κ1) is 23.1. The van der Waals surface area contributed by atoms with Crippen molar-refractivity contribution in [3.8, 4) is 11.8 Å². The maximum Gasteiger partial charge on any atom is 0.240 e. The molecule has 1 atom stereocenters. The molecule has 0 N–H and O–H groups in total. The summed E-state index contributed by atoms with van der Waals surface area (Å²) in [7, 11) is 0. The van der Waals surface area contributed by atoms with Gasteiger partial charge in [-0.05, 0) is 44.0 Å². The Bertz CT molecular complexity index is 1140. The van der Waals surface area contributed by atoms with Gasteiger partial charge in [0.05, 0.1) is 28.5 Å². The van der Waals surface area contributed by atoms with Crippen LogP contribution in [0.5, 0.6) is 0 Å². The van der Waals surface area contributed by atoms with Gasteiger partial charge in [0.25, 0.3) is 0 Å². The van der Waals surface area contributed by atoms with Gasteiger partial charge in [-0.25, -0.2) is 0 Å². The van der Waals surface area contributed by atoms with Crippen LogP contribution >= 0.6 is 23.4 Å². The summed E-state index contributed by atoms with van der Waals surface area (Å²) < 4.78 is 1.95. The minimum atomic E-state index is -0.444. The van der Waals surface area contributed by atoms with Crippen molar-refractivity contribution in [1.82, 2.24) is 14.8 Å². The van der Waals surface area contributed by atoms with Crippen molar-refractivity contribution in [3.63, 3.8) is 0 Å². The van der Waals surface area contributed by atoms with E-state index in [1.165, 1.54) is 11.8 Å². The van der Waals surface area contributed by atoms with Crippen LogP contribution in [-0.2, 0) is 4.79 Å². The molecule has 170 valence electrons. The molecule has 4 rings (SSSR count). The number of rotatable bonds is 8. The molecule has 3 aromatic rings. The van der Waals surface area contributed by atoms with Gasteiger partial charge in [-0.1, -0.05) is 53.7 Å². The third-order valence-corrected chi connectivity index (χ3v) is 6.86. The fourth-order valence-corrected chi connectivity index (χ4v) is 5.01. The summed E-state index contributed by atoms with van der Waals surface area (Å²) in [6.45, 7) is 4.02. The molecule has 1 aliphatic rings. The number of carbonyl (C=O) groups is 1. The third-order valence-electron chi connectivity index (χ3n) is 5.51. The molecule has 7 nitrogen and oxygen atoms in total. The topological polar surface area (TPSA) is 78.1 Å². The molecular formula is C24H25ClN6OS. The average Bonchev–Trinajstić information content (AvgIpc) is 3.50. The van der Waals surface area contributed by atoms with E-state index in [1.54, 1.807) is 4.90 Å². The summed E-state index contributed by atoms with van der Waals surface area (Å²) in [5.74, 6) is 0.657. The number of hydrogen-bond donors (Lipinski definition) is 0. The zero-order chi connectivity index (χ0) is 23.2. The lowest BCUT2D eigenvalue weighted by atomic mass is 10.2. The van der Waals surface area contributed by atoms with Gasteiger partial charge < -0.3 is 9.80 Å². The minimum Gasteiger partial charge on any atom is -0.341 e. The molecule has 1 unspecified atom stereocenters. The Hall–Kier alpha value is -3.02. The molecule has 0 radical (unpaired) electrons. The predicted octanol–water partition coefficient (Wildman–Crippen LogP) is 4.95. The number of halogens is 1. The number of benzene rings is 2. The van der Waals surface area contributed by atoms with Crippen LogP contribution in [0.25, 0.3) is 5.69 Å². The summed E-state index contributed by atoms with van der Waals surface area (Å²) in [6, 6.07) is 19.2. The molecule has 33 heavy (non-hydrogen) atoms. The highest BCUT2D eigenvalue weighted by Gasteiger charge is 2.28. The van der Waals surface area contributed by atoms with E-state index in [1.807, 2.05) is 66.1 Å². The summed E-state index contributed by atoms with van der Waals surface area (Å²) in [5, 5.41) is 18.8. The van der Waals surface area contributed by atoms with Gasteiger partial charge in [0, 0.05) is 25.3 Å². The SMILES string of the molecule is CC(Sc1nnc(N2CCCC2)n1-c1ccccc1Cl)C(=O)N(CCC#N)c1ccccc1. The molecule has 9 heteroatoms. The smallest absolute Gasteiger partial charge is 0.240 e. The fourth-order valence-electron chi connectivity index (χ4n) is 3.87. The summed E-state index contributed by atoms with van der Waals surface area (Å²) >= 11 is 7.89. The number of nitrogens with zero attached hydrogens (tertiary/aromatic N) is 6. The minimum absolute atomic E-state index is 0.0853. The molecule has 1 saturated heterocycles. The Morgan fingerprint density at radius 3 is 2.55 bits per heavy atom. The maximum atomic E-state index is 13.4. The first-order valence-electron chi connectivity index (χ1n) is 11.0. The van der Waals surface area contributed by atoms with Crippen LogP contribution in [0, 0.1) is 11.3 Å². The molecule has 1 aromatic heterocycles. The van der Waals surface area contributed by atoms with E-state index in [0.717, 1.165) is 43.3 Å². The van der Waals surface area contributed by atoms with E-state index in [2.05, 4.69) is 21.2 Å². The van der Waals surface area contributed by atoms with Crippen molar-refractivity contribution in [1.29, 1.82) is 5.26 Å². The second-order valence-corrected chi connectivity index (χ2v) is 9.47. The monoisotopic (exact) mass is 480 g/mol. The average molecular weight is 481 g/mol. The fraction of sp³-hybridized carbons (Fsp3) is 0.333. The number of amides is 1. The molecule has 1 fully saturated rings. The first-order chi connectivity index (χ1) is 16.1. The van der Waals surface area contributed by atoms with Crippen molar-refractivity contribution < 1.29 is 4.79 Å². The van der Waals surface area contributed by atoms with Gasteiger partial charge in [-0.2, -0.15) is 5.26 Å². The highest BCUT2D eigenvalue weighted by Crippen LogP contribution is 2.34. The van der Waals surface area contributed by atoms with Crippen LogP contribution in [0.4, 0.5) is 11.6 Å². The van der Waals surface area contributed by atoms with Crippen LogP contribution in [0.3, 0.4) is 0 Å². The van der Waals surface area contributed by atoms with Gasteiger partial charge in [0.2, 0.25) is 11.9 Å². The number of para-hydroxylation sites is 2. The maximum absolute atomic E-state index is 13.4. The molecule has 1 amide bonds. The second-order valence-electron chi connectivity index (χ2n) is 7.76. The van der Waals surface area contributed by atoms with Crippen molar-refractivity contribution in [2.75, 3.05) is 29.4 Å². The molecule has 0 saturated carbocycles. The lowest BCUT2D eigenvalue weighted by Gasteiger charge is -2.25. The highest BCUT2D eigenvalue weighted by molar-refractivity contribution is 8.00. The Kier molecular flexibility index (Phi) is 7.53. The number of aromatic nitrogens is 3. The van der Waals surface area contributed by atoms with Gasteiger partial charge in [0.1, 0.15) is 0 Å². The van der Waals surface area contributed by atoms with Gasteiger partial charge in [-0.3, -0.25) is 9.36 Å². The quantitative estimate of drug-likeness (QED) is 0.424. The Labute approximate surface area is 203 Å². The predicted molar refractivity (Wildman–Crippen MR) is 132 cm³/mol.